The predicted molar refractivity (Wildman–Crippen MR) is 128 cm³/mol. The number of amides is 2. The van der Waals surface area contributed by atoms with Gasteiger partial charge >= 0.3 is 6.03 Å². The second-order valence-electron chi connectivity index (χ2n) is 7.83. The Morgan fingerprint density at radius 1 is 1.03 bits per heavy atom. The van der Waals surface area contributed by atoms with E-state index in [2.05, 4.69) is 15.6 Å². The number of oxazole rings is 1. The first kappa shape index (κ1) is 20.5. The predicted octanol–water partition coefficient (Wildman–Crippen LogP) is 5.45. The molecule has 0 radical (unpaired) electrons. The van der Waals surface area contributed by atoms with Crippen molar-refractivity contribution in [3.05, 3.63) is 102 Å². The van der Waals surface area contributed by atoms with E-state index in [1.54, 1.807) is 6.20 Å². The third-order valence-electron chi connectivity index (χ3n) is 5.65. The van der Waals surface area contributed by atoms with Crippen LogP contribution >= 0.6 is 0 Å². The standard InChI is InChI=1S/C26H23N5O2/c1-17-12-13-19(25-27-14-15-33-25)16-21(17)29-26(32)30-23(18-8-4-3-5-9-18)24-28-20-10-6-7-11-22(20)31(24)2/h3-16,23H,1-2H3,(H2,29,30,32). The molecule has 2 heterocycles. The van der Waals surface area contributed by atoms with Gasteiger partial charge in [0, 0.05) is 18.3 Å². The maximum atomic E-state index is 13.1. The van der Waals surface area contributed by atoms with Gasteiger partial charge in [-0.15, -0.1) is 0 Å². The summed E-state index contributed by atoms with van der Waals surface area (Å²) in [6.07, 6.45) is 3.12. The van der Waals surface area contributed by atoms with Crippen LogP contribution in [-0.2, 0) is 7.05 Å². The Morgan fingerprint density at radius 2 is 1.82 bits per heavy atom. The summed E-state index contributed by atoms with van der Waals surface area (Å²) in [4.78, 5) is 22.2. The second-order valence-corrected chi connectivity index (χ2v) is 7.83. The fourth-order valence-electron chi connectivity index (χ4n) is 3.91. The molecule has 2 N–H and O–H groups in total. The number of imidazole rings is 1. The molecule has 0 spiro atoms. The molecule has 7 nitrogen and oxygen atoms in total. The van der Waals surface area contributed by atoms with Gasteiger partial charge in [-0.25, -0.2) is 14.8 Å². The molecule has 0 aliphatic carbocycles. The van der Waals surface area contributed by atoms with Crippen molar-refractivity contribution in [2.45, 2.75) is 13.0 Å². The Labute approximate surface area is 191 Å². The second kappa shape index (κ2) is 8.63. The minimum absolute atomic E-state index is 0.330. The van der Waals surface area contributed by atoms with Gasteiger partial charge in [-0.05, 0) is 42.3 Å². The summed E-state index contributed by atoms with van der Waals surface area (Å²) < 4.78 is 7.41. The zero-order valence-corrected chi connectivity index (χ0v) is 18.3. The first-order valence-electron chi connectivity index (χ1n) is 10.6. The Balaban J connectivity index is 1.46. The van der Waals surface area contributed by atoms with E-state index in [0.717, 1.165) is 33.5 Å². The van der Waals surface area contributed by atoms with Crippen LogP contribution in [0.3, 0.4) is 0 Å². The summed E-state index contributed by atoms with van der Waals surface area (Å²) in [5.41, 5.74) is 5.23. The molecule has 33 heavy (non-hydrogen) atoms. The maximum absolute atomic E-state index is 13.1. The van der Waals surface area contributed by atoms with Crippen molar-refractivity contribution in [3.8, 4) is 11.5 Å². The highest BCUT2D eigenvalue weighted by molar-refractivity contribution is 5.91. The molecule has 0 aliphatic rings. The minimum atomic E-state index is -0.432. The van der Waals surface area contributed by atoms with E-state index in [0.29, 0.717) is 11.6 Å². The normalized spacial score (nSPS) is 11.9. The number of hydrogen-bond donors (Lipinski definition) is 2. The van der Waals surface area contributed by atoms with Gasteiger partial charge in [0.1, 0.15) is 18.1 Å². The molecule has 0 saturated carbocycles. The van der Waals surface area contributed by atoms with Crippen molar-refractivity contribution in [1.29, 1.82) is 0 Å². The number of nitrogens with one attached hydrogen (secondary N) is 2. The molecule has 1 atom stereocenters. The molecule has 5 rings (SSSR count). The molecule has 3 aromatic carbocycles. The molecular weight excluding hydrogens is 414 g/mol. The SMILES string of the molecule is Cc1ccc(-c2ncco2)cc1NC(=O)NC(c1ccccc1)c1nc2ccccc2n1C. The van der Waals surface area contributed by atoms with Crippen LogP contribution in [-0.4, -0.2) is 20.6 Å². The van der Waals surface area contributed by atoms with E-state index >= 15 is 0 Å². The first-order chi connectivity index (χ1) is 16.1. The lowest BCUT2D eigenvalue weighted by atomic mass is 10.1. The average Bonchev–Trinajstić information content (AvgIpc) is 3.48. The van der Waals surface area contributed by atoms with Gasteiger partial charge in [-0.3, -0.25) is 0 Å². The molecule has 164 valence electrons. The quantitative estimate of drug-likeness (QED) is 0.383. The van der Waals surface area contributed by atoms with Gasteiger partial charge in [0.05, 0.1) is 17.2 Å². The molecular formula is C26H23N5O2. The van der Waals surface area contributed by atoms with Crippen molar-refractivity contribution >= 4 is 22.8 Å². The molecule has 0 bridgehead atoms. The fraction of sp³-hybridized carbons (Fsp3) is 0.115. The van der Waals surface area contributed by atoms with Gasteiger partial charge in [0.15, 0.2) is 0 Å². The minimum Gasteiger partial charge on any atom is -0.445 e. The zero-order chi connectivity index (χ0) is 22.8. The highest BCUT2D eigenvalue weighted by atomic mass is 16.3. The van der Waals surface area contributed by atoms with Crippen LogP contribution < -0.4 is 10.6 Å². The maximum Gasteiger partial charge on any atom is 0.320 e. The molecule has 0 aliphatic heterocycles. The lowest BCUT2D eigenvalue weighted by Crippen LogP contribution is -2.34. The summed E-state index contributed by atoms with van der Waals surface area (Å²) in [6, 6.07) is 22.7. The summed E-state index contributed by atoms with van der Waals surface area (Å²) in [7, 11) is 1.96. The third kappa shape index (κ3) is 4.08. The van der Waals surface area contributed by atoms with Gasteiger partial charge < -0.3 is 19.6 Å². The lowest BCUT2D eigenvalue weighted by Gasteiger charge is -2.20. The summed E-state index contributed by atoms with van der Waals surface area (Å²) in [5, 5.41) is 6.09. The molecule has 5 aromatic rings. The number of aromatic nitrogens is 3. The van der Waals surface area contributed by atoms with Crippen molar-refractivity contribution in [2.24, 2.45) is 7.05 Å². The van der Waals surface area contributed by atoms with Crippen LogP contribution in [0.15, 0.2) is 89.7 Å². The Hall–Kier alpha value is -4.39. The van der Waals surface area contributed by atoms with E-state index in [4.69, 9.17) is 9.40 Å². The van der Waals surface area contributed by atoms with Crippen LogP contribution in [0.2, 0.25) is 0 Å². The van der Waals surface area contributed by atoms with Gasteiger partial charge in [-0.2, -0.15) is 0 Å². The number of anilines is 1. The van der Waals surface area contributed by atoms with Crippen molar-refractivity contribution in [2.75, 3.05) is 5.32 Å². The van der Waals surface area contributed by atoms with Crippen molar-refractivity contribution in [3.63, 3.8) is 0 Å². The molecule has 7 heteroatoms. The number of hydrogen-bond acceptors (Lipinski definition) is 4. The average molecular weight is 438 g/mol. The van der Waals surface area contributed by atoms with Crippen LogP contribution in [0.25, 0.3) is 22.5 Å². The topological polar surface area (TPSA) is 85.0 Å². The van der Waals surface area contributed by atoms with Crippen LogP contribution in [0.4, 0.5) is 10.5 Å². The van der Waals surface area contributed by atoms with Crippen LogP contribution in [0.5, 0.6) is 0 Å². The number of nitrogens with zero attached hydrogens (tertiary/aromatic N) is 3. The molecule has 2 amide bonds. The van der Waals surface area contributed by atoms with E-state index in [9.17, 15) is 4.79 Å². The highest BCUT2D eigenvalue weighted by Crippen LogP contribution is 2.27. The van der Waals surface area contributed by atoms with E-state index in [-0.39, 0.29) is 6.03 Å². The third-order valence-corrected chi connectivity index (χ3v) is 5.65. The smallest absolute Gasteiger partial charge is 0.320 e. The van der Waals surface area contributed by atoms with Gasteiger partial charge in [0.25, 0.3) is 0 Å². The number of aryl methyl sites for hydroxylation is 2. The fourth-order valence-corrected chi connectivity index (χ4v) is 3.91. The summed E-state index contributed by atoms with van der Waals surface area (Å²) in [6.45, 7) is 1.94. The number of para-hydroxylation sites is 2. The van der Waals surface area contributed by atoms with Gasteiger partial charge in [0.2, 0.25) is 5.89 Å². The number of carbonyl (C=O) groups is 1. The number of carbonyl (C=O) groups excluding carboxylic acids is 1. The summed E-state index contributed by atoms with van der Waals surface area (Å²) >= 11 is 0. The van der Waals surface area contributed by atoms with E-state index in [1.165, 1.54) is 6.26 Å². The van der Waals surface area contributed by atoms with E-state index in [1.807, 2.05) is 91.3 Å². The molecule has 0 saturated heterocycles. The van der Waals surface area contributed by atoms with E-state index < -0.39 is 6.04 Å². The Bertz CT molecular complexity index is 1410. The van der Waals surface area contributed by atoms with Crippen molar-refractivity contribution in [1.82, 2.24) is 19.9 Å². The van der Waals surface area contributed by atoms with Crippen LogP contribution in [0, 0.1) is 6.92 Å². The number of urea groups is 1. The highest BCUT2D eigenvalue weighted by Gasteiger charge is 2.23. The monoisotopic (exact) mass is 437 g/mol. The Kier molecular flexibility index (Phi) is 5.36. The van der Waals surface area contributed by atoms with Gasteiger partial charge in [-0.1, -0.05) is 48.5 Å². The van der Waals surface area contributed by atoms with Crippen molar-refractivity contribution < 1.29 is 9.21 Å². The lowest BCUT2D eigenvalue weighted by molar-refractivity contribution is 0.249. The summed E-state index contributed by atoms with van der Waals surface area (Å²) in [5.74, 6) is 1.25. The largest absolute Gasteiger partial charge is 0.445 e. The Morgan fingerprint density at radius 3 is 2.58 bits per heavy atom. The molecule has 2 aromatic heterocycles. The zero-order valence-electron chi connectivity index (χ0n) is 18.3. The van der Waals surface area contributed by atoms with Crippen LogP contribution in [0.1, 0.15) is 23.0 Å². The first-order valence-corrected chi connectivity index (χ1v) is 10.6. The number of benzene rings is 3. The number of rotatable bonds is 5. The number of fused-ring (bicyclic) bond motifs is 1. The molecule has 0 fully saturated rings. The molecule has 1 unspecified atom stereocenters.